The highest BCUT2D eigenvalue weighted by Crippen LogP contribution is 2.18. The van der Waals surface area contributed by atoms with E-state index in [0.29, 0.717) is 18.7 Å². The Morgan fingerprint density at radius 2 is 1.69 bits per heavy atom. The Morgan fingerprint density at radius 3 is 2.31 bits per heavy atom. The largest absolute Gasteiger partial charge is 0.748 e. The predicted molar refractivity (Wildman–Crippen MR) is 125 cm³/mol. The van der Waals surface area contributed by atoms with E-state index in [-0.39, 0.29) is 12.4 Å². The molecule has 8 heteroatoms. The van der Waals surface area contributed by atoms with Gasteiger partial charge in [0, 0.05) is 18.7 Å². The number of rotatable bonds is 15. The molecule has 1 aromatic carbocycles. The summed E-state index contributed by atoms with van der Waals surface area (Å²) in [5.74, 6) is 0.208. The SMILES string of the molecule is CCCCCCCCCCOC(=O)c1ccc2c(c1)n(CCCS(=O)(=O)[O-])c(C)[n+]2CC. The van der Waals surface area contributed by atoms with Crippen molar-refractivity contribution in [1.29, 1.82) is 0 Å². The number of fused-ring (bicyclic) bond motifs is 1. The molecule has 0 amide bonds. The number of aromatic nitrogens is 2. The van der Waals surface area contributed by atoms with Crippen LogP contribution < -0.4 is 4.57 Å². The highest BCUT2D eigenvalue weighted by Gasteiger charge is 2.22. The first-order chi connectivity index (χ1) is 15.3. The van der Waals surface area contributed by atoms with Crippen molar-refractivity contribution in [1.82, 2.24) is 4.57 Å². The summed E-state index contributed by atoms with van der Waals surface area (Å²) in [5.41, 5.74) is 2.29. The number of imidazole rings is 1. The minimum atomic E-state index is -4.25. The summed E-state index contributed by atoms with van der Waals surface area (Å²) in [6.45, 7) is 7.77. The Labute approximate surface area is 192 Å². The van der Waals surface area contributed by atoms with Gasteiger partial charge in [0.05, 0.1) is 35.4 Å². The van der Waals surface area contributed by atoms with E-state index in [9.17, 15) is 17.8 Å². The number of hydrogen-bond acceptors (Lipinski definition) is 5. The summed E-state index contributed by atoms with van der Waals surface area (Å²) < 4.78 is 42.5. The highest BCUT2D eigenvalue weighted by molar-refractivity contribution is 7.85. The molecule has 0 N–H and O–H groups in total. The second kappa shape index (κ2) is 12.9. The van der Waals surface area contributed by atoms with E-state index in [2.05, 4.69) is 11.5 Å². The van der Waals surface area contributed by atoms with Gasteiger partial charge in [-0.15, -0.1) is 0 Å². The molecule has 1 heterocycles. The third-order valence-electron chi connectivity index (χ3n) is 5.90. The molecule has 0 aliphatic heterocycles. The molecule has 1 aromatic heterocycles. The third kappa shape index (κ3) is 7.89. The summed E-state index contributed by atoms with van der Waals surface area (Å²) in [7, 11) is -4.25. The molecule has 180 valence electrons. The number of hydrogen-bond donors (Lipinski definition) is 0. The van der Waals surface area contributed by atoms with Crippen molar-refractivity contribution in [3.8, 4) is 0 Å². The molecule has 0 bridgehead atoms. The first-order valence-electron chi connectivity index (χ1n) is 11.9. The fourth-order valence-corrected chi connectivity index (χ4v) is 4.64. The van der Waals surface area contributed by atoms with Crippen molar-refractivity contribution in [2.45, 2.75) is 91.6 Å². The maximum absolute atomic E-state index is 12.6. The molecule has 0 aliphatic rings. The maximum atomic E-state index is 12.6. The fraction of sp³-hybridized carbons (Fsp3) is 0.667. The number of benzene rings is 1. The monoisotopic (exact) mass is 466 g/mol. The number of esters is 1. The van der Waals surface area contributed by atoms with Crippen molar-refractivity contribution < 1.29 is 27.1 Å². The smallest absolute Gasteiger partial charge is 0.338 e. The standard InChI is InChI=1S/C24H38N2O5S/c1-4-6-7-8-9-10-11-12-17-31-24(27)21-14-15-22-23(19-21)26(20(3)25(22)5-2)16-13-18-32(28,29)30/h14-15,19H,4-13,16-18H2,1-3H3. The average molecular weight is 467 g/mol. The summed E-state index contributed by atoms with van der Waals surface area (Å²) in [6, 6.07) is 5.48. The van der Waals surface area contributed by atoms with Crippen LogP contribution in [-0.4, -0.2) is 35.9 Å². The Kier molecular flexibility index (Phi) is 10.6. The number of nitrogens with zero attached hydrogens (tertiary/aromatic N) is 2. The van der Waals surface area contributed by atoms with Crippen molar-refractivity contribution in [2.75, 3.05) is 12.4 Å². The van der Waals surface area contributed by atoms with Gasteiger partial charge in [-0.05, 0) is 31.9 Å². The van der Waals surface area contributed by atoms with Crippen LogP contribution in [-0.2, 0) is 27.9 Å². The zero-order valence-electron chi connectivity index (χ0n) is 19.8. The first kappa shape index (κ1) is 26.3. The number of ether oxygens (including phenoxy) is 1. The molecule has 7 nitrogen and oxygen atoms in total. The van der Waals surface area contributed by atoms with E-state index in [1.165, 1.54) is 38.5 Å². The van der Waals surface area contributed by atoms with Gasteiger partial charge in [0.2, 0.25) is 0 Å². The molecule has 0 aliphatic carbocycles. The topological polar surface area (TPSA) is 92.3 Å². The number of unbranched alkanes of at least 4 members (excludes halogenated alkanes) is 7. The molecule has 0 unspecified atom stereocenters. The molecule has 2 aromatic rings. The molecule has 0 spiro atoms. The Balaban J connectivity index is 1.97. The molecule has 0 radical (unpaired) electrons. The zero-order chi connectivity index (χ0) is 23.6. The van der Waals surface area contributed by atoms with Crippen LogP contribution in [0.3, 0.4) is 0 Å². The van der Waals surface area contributed by atoms with E-state index >= 15 is 0 Å². The molecule has 0 saturated heterocycles. The summed E-state index contributed by atoms with van der Waals surface area (Å²) in [6.07, 6.45) is 9.74. The molecular formula is C24H38N2O5S. The Morgan fingerprint density at radius 1 is 1.03 bits per heavy atom. The predicted octanol–water partition coefficient (Wildman–Crippen LogP) is 4.49. The highest BCUT2D eigenvalue weighted by atomic mass is 32.2. The van der Waals surface area contributed by atoms with Gasteiger partial charge in [-0.1, -0.05) is 51.9 Å². The van der Waals surface area contributed by atoms with Gasteiger partial charge in [0.15, 0.2) is 11.0 Å². The third-order valence-corrected chi connectivity index (χ3v) is 6.69. The van der Waals surface area contributed by atoms with E-state index < -0.39 is 15.9 Å². The Hall–Kier alpha value is -1.93. The van der Waals surface area contributed by atoms with Gasteiger partial charge in [-0.25, -0.2) is 22.3 Å². The maximum Gasteiger partial charge on any atom is 0.338 e. The van der Waals surface area contributed by atoms with Gasteiger partial charge in [0.25, 0.3) is 5.82 Å². The van der Waals surface area contributed by atoms with Crippen LogP contribution in [0.4, 0.5) is 0 Å². The van der Waals surface area contributed by atoms with Gasteiger partial charge >= 0.3 is 5.97 Å². The van der Waals surface area contributed by atoms with E-state index in [1.54, 1.807) is 12.1 Å². The number of carbonyl (C=O) groups is 1. The minimum absolute atomic E-state index is 0.229. The van der Waals surface area contributed by atoms with Crippen LogP contribution in [0.15, 0.2) is 18.2 Å². The van der Waals surface area contributed by atoms with Crippen molar-refractivity contribution in [3.05, 3.63) is 29.6 Å². The van der Waals surface area contributed by atoms with Crippen molar-refractivity contribution in [3.63, 3.8) is 0 Å². The lowest BCUT2D eigenvalue weighted by Gasteiger charge is -2.06. The van der Waals surface area contributed by atoms with Gasteiger partial charge in [-0.2, -0.15) is 0 Å². The van der Waals surface area contributed by atoms with E-state index in [0.717, 1.165) is 36.2 Å². The van der Waals surface area contributed by atoms with Crippen LogP contribution in [0.2, 0.25) is 0 Å². The number of aryl methyl sites for hydroxylation is 2. The summed E-state index contributed by atoms with van der Waals surface area (Å²) in [4.78, 5) is 12.6. The normalized spacial score (nSPS) is 11.9. The second-order valence-electron chi connectivity index (χ2n) is 8.37. The fourth-order valence-electron chi connectivity index (χ4n) is 4.15. The molecule has 2 rings (SSSR count). The quantitative estimate of drug-likeness (QED) is 0.167. The zero-order valence-corrected chi connectivity index (χ0v) is 20.6. The minimum Gasteiger partial charge on any atom is -0.748 e. The van der Waals surface area contributed by atoms with Crippen LogP contribution in [0, 0.1) is 6.92 Å². The van der Waals surface area contributed by atoms with Crippen LogP contribution in [0.5, 0.6) is 0 Å². The average Bonchev–Trinajstić information content (AvgIpc) is 3.01. The summed E-state index contributed by atoms with van der Waals surface area (Å²) >= 11 is 0. The lowest BCUT2D eigenvalue weighted by atomic mass is 10.1. The number of carbonyl (C=O) groups excluding carboxylic acids is 1. The molecule has 32 heavy (non-hydrogen) atoms. The lowest BCUT2D eigenvalue weighted by molar-refractivity contribution is -0.675. The van der Waals surface area contributed by atoms with Crippen LogP contribution in [0.25, 0.3) is 11.0 Å². The van der Waals surface area contributed by atoms with Gasteiger partial charge in [0.1, 0.15) is 0 Å². The Bertz CT molecular complexity index is 982. The van der Waals surface area contributed by atoms with Crippen molar-refractivity contribution >= 4 is 27.1 Å². The first-order valence-corrected chi connectivity index (χ1v) is 13.5. The van der Waals surface area contributed by atoms with Gasteiger partial charge in [-0.3, -0.25) is 0 Å². The summed E-state index contributed by atoms with van der Waals surface area (Å²) in [5, 5.41) is 0. The molecular weight excluding hydrogens is 428 g/mol. The van der Waals surface area contributed by atoms with Crippen LogP contribution in [0.1, 0.15) is 87.8 Å². The molecule has 0 fully saturated rings. The van der Waals surface area contributed by atoms with E-state index in [4.69, 9.17) is 4.74 Å². The van der Waals surface area contributed by atoms with Crippen molar-refractivity contribution in [2.24, 2.45) is 0 Å². The lowest BCUT2D eigenvalue weighted by Crippen LogP contribution is -2.35. The second-order valence-corrected chi connectivity index (χ2v) is 9.90. The van der Waals surface area contributed by atoms with Crippen LogP contribution >= 0.6 is 0 Å². The molecule has 0 saturated carbocycles. The molecule has 0 atom stereocenters. The van der Waals surface area contributed by atoms with Gasteiger partial charge < -0.3 is 9.29 Å². The van der Waals surface area contributed by atoms with E-state index in [1.807, 2.05) is 24.5 Å².